The van der Waals surface area contributed by atoms with Gasteiger partial charge in [0.05, 0.1) is 18.7 Å². The van der Waals surface area contributed by atoms with Crippen molar-refractivity contribution in [3.05, 3.63) is 36.2 Å². The van der Waals surface area contributed by atoms with Crippen molar-refractivity contribution in [1.29, 1.82) is 0 Å². The molecular weight excluding hydrogens is 292 g/mol. The molecule has 2 heterocycles. The Balaban J connectivity index is 1.80. The SMILES string of the molecule is CC(C)OCC(=O)N1Cc2nnc(-c3ccccc3)n2[C@@H](C)C1. The monoisotopic (exact) mass is 314 g/mol. The van der Waals surface area contributed by atoms with Gasteiger partial charge in [-0.2, -0.15) is 0 Å². The standard InChI is InChI=1S/C17H22N4O2/c1-12(2)23-11-16(22)20-9-13(3)21-15(10-20)18-19-17(21)14-7-5-4-6-8-14/h4-8,12-13H,9-11H2,1-3H3/t13-/m0/s1. The van der Waals surface area contributed by atoms with Gasteiger partial charge in [-0.3, -0.25) is 4.79 Å². The second-order valence-electron chi connectivity index (χ2n) is 6.16. The van der Waals surface area contributed by atoms with Crippen molar-refractivity contribution in [3.63, 3.8) is 0 Å². The number of hydrogen-bond acceptors (Lipinski definition) is 4. The van der Waals surface area contributed by atoms with Crippen LogP contribution in [0.5, 0.6) is 0 Å². The molecule has 0 spiro atoms. The highest BCUT2D eigenvalue weighted by Gasteiger charge is 2.29. The summed E-state index contributed by atoms with van der Waals surface area (Å²) < 4.78 is 7.55. The Labute approximate surface area is 136 Å². The lowest BCUT2D eigenvalue weighted by molar-refractivity contribution is -0.139. The van der Waals surface area contributed by atoms with Crippen LogP contribution in [0.1, 0.15) is 32.6 Å². The average molecular weight is 314 g/mol. The van der Waals surface area contributed by atoms with Crippen LogP contribution in [0.15, 0.2) is 30.3 Å². The molecule has 0 aliphatic carbocycles. The molecule has 0 saturated heterocycles. The van der Waals surface area contributed by atoms with Crippen molar-refractivity contribution >= 4 is 5.91 Å². The Morgan fingerprint density at radius 3 is 2.74 bits per heavy atom. The van der Waals surface area contributed by atoms with E-state index in [4.69, 9.17) is 4.74 Å². The lowest BCUT2D eigenvalue weighted by Gasteiger charge is -2.32. The average Bonchev–Trinajstić information content (AvgIpc) is 2.98. The number of carbonyl (C=O) groups is 1. The van der Waals surface area contributed by atoms with Gasteiger partial charge in [-0.05, 0) is 20.8 Å². The van der Waals surface area contributed by atoms with Gasteiger partial charge in [0.1, 0.15) is 6.61 Å². The molecule has 0 N–H and O–H groups in total. The number of carbonyl (C=O) groups excluding carboxylic acids is 1. The molecule has 1 amide bonds. The van der Waals surface area contributed by atoms with Crippen LogP contribution in [-0.2, 0) is 16.1 Å². The lowest BCUT2D eigenvalue weighted by Crippen LogP contribution is -2.42. The van der Waals surface area contributed by atoms with E-state index in [1.54, 1.807) is 4.90 Å². The molecule has 1 aliphatic rings. The maximum atomic E-state index is 12.3. The molecular formula is C17H22N4O2. The number of benzene rings is 1. The molecule has 3 rings (SSSR count). The quantitative estimate of drug-likeness (QED) is 0.868. The fourth-order valence-electron chi connectivity index (χ4n) is 2.83. The molecule has 1 aromatic heterocycles. The number of ether oxygens (including phenoxy) is 1. The molecule has 0 saturated carbocycles. The van der Waals surface area contributed by atoms with Gasteiger partial charge < -0.3 is 14.2 Å². The van der Waals surface area contributed by atoms with Crippen LogP contribution in [0.25, 0.3) is 11.4 Å². The van der Waals surface area contributed by atoms with E-state index in [2.05, 4.69) is 21.7 Å². The number of amides is 1. The highest BCUT2D eigenvalue weighted by molar-refractivity contribution is 5.77. The molecule has 122 valence electrons. The molecule has 6 nitrogen and oxygen atoms in total. The second-order valence-corrected chi connectivity index (χ2v) is 6.16. The molecule has 6 heteroatoms. The number of aromatic nitrogens is 3. The zero-order valence-corrected chi connectivity index (χ0v) is 13.8. The van der Waals surface area contributed by atoms with Crippen molar-refractivity contribution in [1.82, 2.24) is 19.7 Å². The van der Waals surface area contributed by atoms with Crippen LogP contribution >= 0.6 is 0 Å². The van der Waals surface area contributed by atoms with E-state index >= 15 is 0 Å². The highest BCUT2D eigenvalue weighted by atomic mass is 16.5. The van der Waals surface area contributed by atoms with Gasteiger partial charge in [-0.15, -0.1) is 10.2 Å². The second kappa shape index (κ2) is 6.50. The fourth-order valence-corrected chi connectivity index (χ4v) is 2.83. The Hall–Kier alpha value is -2.21. The normalized spacial score (nSPS) is 17.4. The number of fused-ring (bicyclic) bond motifs is 1. The van der Waals surface area contributed by atoms with Gasteiger partial charge in [0.25, 0.3) is 0 Å². The summed E-state index contributed by atoms with van der Waals surface area (Å²) in [6, 6.07) is 10.1. The summed E-state index contributed by atoms with van der Waals surface area (Å²) >= 11 is 0. The van der Waals surface area contributed by atoms with Gasteiger partial charge in [0.2, 0.25) is 5.91 Å². The van der Waals surface area contributed by atoms with Crippen LogP contribution in [-0.4, -0.2) is 44.8 Å². The summed E-state index contributed by atoms with van der Waals surface area (Å²) in [5, 5.41) is 8.62. The number of nitrogens with zero attached hydrogens (tertiary/aromatic N) is 4. The van der Waals surface area contributed by atoms with Crippen LogP contribution in [0.2, 0.25) is 0 Å². The van der Waals surface area contributed by atoms with E-state index in [0.29, 0.717) is 13.1 Å². The molecule has 23 heavy (non-hydrogen) atoms. The van der Waals surface area contributed by atoms with Crippen LogP contribution < -0.4 is 0 Å². The summed E-state index contributed by atoms with van der Waals surface area (Å²) in [5.74, 6) is 1.68. The minimum Gasteiger partial charge on any atom is -0.369 e. The minimum absolute atomic E-state index is 0.000983. The van der Waals surface area contributed by atoms with Crippen LogP contribution in [0.4, 0.5) is 0 Å². The molecule has 1 aliphatic heterocycles. The topological polar surface area (TPSA) is 60.2 Å². The third kappa shape index (κ3) is 3.27. The largest absolute Gasteiger partial charge is 0.369 e. The minimum atomic E-state index is 0.000983. The molecule has 0 unspecified atom stereocenters. The Morgan fingerprint density at radius 2 is 2.04 bits per heavy atom. The third-order valence-electron chi connectivity index (χ3n) is 3.95. The molecule has 0 bridgehead atoms. The first kappa shape index (κ1) is 15.7. The third-order valence-corrected chi connectivity index (χ3v) is 3.95. The van der Waals surface area contributed by atoms with Gasteiger partial charge in [0, 0.05) is 12.1 Å². The van der Waals surface area contributed by atoms with Crippen molar-refractivity contribution < 1.29 is 9.53 Å². The molecule has 0 radical (unpaired) electrons. The predicted octanol–water partition coefficient (Wildman–Crippen LogP) is 2.27. The molecule has 2 aromatic rings. The van der Waals surface area contributed by atoms with Crippen LogP contribution in [0, 0.1) is 0 Å². The zero-order chi connectivity index (χ0) is 16.4. The first-order valence-electron chi connectivity index (χ1n) is 7.95. The summed E-state index contributed by atoms with van der Waals surface area (Å²) in [6.07, 6.45) is 0.0505. The van der Waals surface area contributed by atoms with Gasteiger partial charge in [-0.25, -0.2) is 0 Å². The summed E-state index contributed by atoms with van der Waals surface area (Å²) in [7, 11) is 0. The smallest absolute Gasteiger partial charge is 0.249 e. The van der Waals surface area contributed by atoms with Gasteiger partial charge in [-0.1, -0.05) is 30.3 Å². The number of hydrogen-bond donors (Lipinski definition) is 0. The first-order valence-corrected chi connectivity index (χ1v) is 7.95. The van der Waals surface area contributed by atoms with E-state index in [-0.39, 0.29) is 24.7 Å². The Morgan fingerprint density at radius 1 is 1.30 bits per heavy atom. The fraction of sp³-hybridized carbons (Fsp3) is 0.471. The predicted molar refractivity (Wildman–Crippen MR) is 86.7 cm³/mol. The zero-order valence-electron chi connectivity index (χ0n) is 13.8. The maximum absolute atomic E-state index is 12.3. The van der Waals surface area contributed by atoms with Crippen LogP contribution in [0.3, 0.4) is 0 Å². The van der Waals surface area contributed by atoms with E-state index < -0.39 is 0 Å². The lowest BCUT2D eigenvalue weighted by atomic mass is 10.1. The number of rotatable bonds is 4. The summed E-state index contributed by atoms with van der Waals surface area (Å²) in [4.78, 5) is 14.1. The van der Waals surface area contributed by atoms with E-state index in [0.717, 1.165) is 17.2 Å². The Kier molecular flexibility index (Phi) is 4.43. The Bertz CT molecular complexity index is 681. The van der Waals surface area contributed by atoms with Crippen molar-refractivity contribution in [3.8, 4) is 11.4 Å². The summed E-state index contributed by atoms with van der Waals surface area (Å²) in [5.41, 5.74) is 1.04. The van der Waals surface area contributed by atoms with Gasteiger partial charge in [0.15, 0.2) is 11.6 Å². The molecule has 1 aromatic carbocycles. The van der Waals surface area contributed by atoms with Crippen molar-refractivity contribution in [2.24, 2.45) is 0 Å². The van der Waals surface area contributed by atoms with Crippen molar-refractivity contribution in [2.75, 3.05) is 13.2 Å². The van der Waals surface area contributed by atoms with E-state index in [1.807, 2.05) is 44.2 Å². The molecule has 1 atom stereocenters. The van der Waals surface area contributed by atoms with Crippen molar-refractivity contribution in [2.45, 2.75) is 39.5 Å². The summed E-state index contributed by atoms with van der Waals surface area (Å²) in [6.45, 7) is 7.17. The highest BCUT2D eigenvalue weighted by Crippen LogP contribution is 2.27. The van der Waals surface area contributed by atoms with E-state index in [1.165, 1.54) is 0 Å². The maximum Gasteiger partial charge on any atom is 0.249 e. The molecule has 0 fully saturated rings. The van der Waals surface area contributed by atoms with E-state index in [9.17, 15) is 4.79 Å². The first-order chi connectivity index (χ1) is 11.1. The van der Waals surface area contributed by atoms with Gasteiger partial charge >= 0.3 is 0 Å².